The highest BCUT2D eigenvalue weighted by molar-refractivity contribution is 5.60. The summed E-state index contributed by atoms with van der Waals surface area (Å²) in [7, 11) is 1.64. The first-order valence-corrected chi connectivity index (χ1v) is 9.00. The maximum absolute atomic E-state index is 6.04. The molecule has 7 heteroatoms. The van der Waals surface area contributed by atoms with Crippen LogP contribution in [-0.2, 0) is 0 Å². The molecule has 1 aliphatic heterocycles. The Morgan fingerprint density at radius 2 is 2.07 bits per heavy atom. The van der Waals surface area contributed by atoms with Gasteiger partial charge in [0.15, 0.2) is 5.82 Å². The van der Waals surface area contributed by atoms with Crippen LogP contribution in [0.5, 0.6) is 17.4 Å². The maximum Gasteiger partial charge on any atom is 0.246 e. The van der Waals surface area contributed by atoms with E-state index in [4.69, 9.17) is 13.9 Å². The normalized spacial score (nSPS) is 16.3. The molecule has 2 aromatic heterocycles. The van der Waals surface area contributed by atoms with Crippen molar-refractivity contribution in [2.75, 3.05) is 25.5 Å². The number of benzene rings is 1. The van der Waals surface area contributed by atoms with Crippen LogP contribution in [-0.4, -0.2) is 36.2 Å². The molecule has 0 bridgehead atoms. The fourth-order valence-corrected chi connectivity index (χ4v) is 3.02. The van der Waals surface area contributed by atoms with E-state index >= 15 is 0 Å². The van der Waals surface area contributed by atoms with Gasteiger partial charge in [-0.1, -0.05) is 0 Å². The van der Waals surface area contributed by atoms with Crippen LogP contribution >= 0.6 is 0 Å². The Morgan fingerprint density at radius 3 is 2.78 bits per heavy atom. The minimum Gasteiger partial charge on any atom is -0.497 e. The van der Waals surface area contributed by atoms with Crippen LogP contribution in [0.3, 0.4) is 0 Å². The molecule has 140 valence electrons. The SMILES string of the molecule is COc1ccc(Oc2nc(-c3ccoc3)ncc2NC[C@@H]2CCCN2)cc1. The molecule has 0 radical (unpaired) electrons. The van der Waals surface area contributed by atoms with E-state index in [1.807, 2.05) is 30.3 Å². The molecule has 4 rings (SSSR count). The number of hydrogen-bond donors (Lipinski definition) is 2. The Kier molecular flexibility index (Phi) is 5.20. The van der Waals surface area contributed by atoms with Gasteiger partial charge in [-0.15, -0.1) is 0 Å². The Bertz CT molecular complexity index is 859. The summed E-state index contributed by atoms with van der Waals surface area (Å²) in [6.45, 7) is 1.87. The van der Waals surface area contributed by atoms with E-state index in [1.165, 1.54) is 6.42 Å². The summed E-state index contributed by atoms with van der Waals surface area (Å²) in [6.07, 6.45) is 7.33. The average Bonchev–Trinajstić information content (AvgIpc) is 3.42. The molecule has 1 aromatic carbocycles. The second kappa shape index (κ2) is 8.09. The summed E-state index contributed by atoms with van der Waals surface area (Å²) >= 11 is 0. The predicted octanol–water partition coefficient (Wildman–Crippen LogP) is 3.70. The molecule has 3 heterocycles. The summed E-state index contributed by atoms with van der Waals surface area (Å²) in [4.78, 5) is 9.03. The molecule has 2 N–H and O–H groups in total. The molecular formula is C20H22N4O3. The van der Waals surface area contributed by atoms with Crippen molar-refractivity contribution < 1.29 is 13.9 Å². The van der Waals surface area contributed by atoms with E-state index in [1.54, 1.807) is 25.8 Å². The lowest BCUT2D eigenvalue weighted by atomic mass is 10.2. The van der Waals surface area contributed by atoms with E-state index < -0.39 is 0 Å². The van der Waals surface area contributed by atoms with Gasteiger partial charge < -0.3 is 24.5 Å². The molecule has 0 saturated carbocycles. The Morgan fingerprint density at radius 1 is 1.22 bits per heavy atom. The fraction of sp³-hybridized carbons (Fsp3) is 0.300. The van der Waals surface area contributed by atoms with Gasteiger partial charge in [-0.05, 0) is 49.7 Å². The third-order valence-corrected chi connectivity index (χ3v) is 4.51. The van der Waals surface area contributed by atoms with Crippen LogP contribution in [0.2, 0.25) is 0 Å². The van der Waals surface area contributed by atoms with Crippen molar-refractivity contribution in [3.63, 3.8) is 0 Å². The van der Waals surface area contributed by atoms with E-state index in [2.05, 4.69) is 20.6 Å². The van der Waals surface area contributed by atoms with Crippen LogP contribution in [0.4, 0.5) is 5.69 Å². The molecule has 0 amide bonds. The zero-order chi connectivity index (χ0) is 18.5. The first kappa shape index (κ1) is 17.4. The summed E-state index contributed by atoms with van der Waals surface area (Å²) < 4.78 is 16.4. The van der Waals surface area contributed by atoms with E-state index in [0.717, 1.165) is 36.5 Å². The number of ether oxygens (including phenoxy) is 2. The summed E-state index contributed by atoms with van der Waals surface area (Å²) in [5.74, 6) is 2.48. The maximum atomic E-state index is 6.04. The molecule has 7 nitrogen and oxygen atoms in total. The highest BCUT2D eigenvalue weighted by Crippen LogP contribution is 2.30. The Hall–Kier alpha value is -3.06. The van der Waals surface area contributed by atoms with E-state index in [0.29, 0.717) is 23.5 Å². The van der Waals surface area contributed by atoms with E-state index in [9.17, 15) is 0 Å². The first-order valence-electron chi connectivity index (χ1n) is 9.00. The average molecular weight is 366 g/mol. The third kappa shape index (κ3) is 4.20. The van der Waals surface area contributed by atoms with Crippen molar-refractivity contribution in [1.82, 2.24) is 15.3 Å². The molecule has 1 fully saturated rings. The number of nitrogens with zero attached hydrogens (tertiary/aromatic N) is 2. The number of aromatic nitrogens is 2. The summed E-state index contributed by atoms with van der Waals surface area (Å²) in [5.41, 5.74) is 1.56. The van der Waals surface area contributed by atoms with Crippen molar-refractivity contribution in [2.24, 2.45) is 0 Å². The van der Waals surface area contributed by atoms with Crippen LogP contribution in [0.15, 0.2) is 53.5 Å². The molecule has 27 heavy (non-hydrogen) atoms. The lowest BCUT2D eigenvalue weighted by Crippen LogP contribution is -2.29. The molecular weight excluding hydrogens is 344 g/mol. The van der Waals surface area contributed by atoms with Crippen molar-refractivity contribution in [2.45, 2.75) is 18.9 Å². The highest BCUT2D eigenvalue weighted by Gasteiger charge is 2.16. The number of furan rings is 1. The van der Waals surface area contributed by atoms with Gasteiger partial charge in [0.25, 0.3) is 0 Å². The van der Waals surface area contributed by atoms with Crippen molar-refractivity contribution >= 4 is 5.69 Å². The van der Waals surface area contributed by atoms with Gasteiger partial charge >= 0.3 is 0 Å². The Labute approximate surface area is 157 Å². The molecule has 0 spiro atoms. The number of anilines is 1. The zero-order valence-electron chi connectivity index (χ0n) is 15.1. The summed E-state index contributed by atoms with van der Waals surface area (Å²) in [6, 6.07) is 9.67. The Balaban J connectivity index is 1.58. The van der Waals surface area contributed by atoms with Crippen LogP contribution in [0.1, 0.15) is 12.8 Å². The molecule has 1 saturated heterocycles. The highest BCUT2D eigenvalue weighted by atomic mass is 16.5. The molecule has 3 aromatic rings. The van der Waals surface area contributed by atoms with Crippen molar-refractivity contribution in [3.8, 4) is 28.8 Å². The standard InChI is InChI=1S/C20H22N4O3/c1-25-16-4-6-17(7-5-16)27-20-18(22-11-15-3-2-9-21-15)12-23-19(24-20)14-8-10-26-13-14/h4-8,10,12-13,15,21-22H,2-3,9,11H2,1H3/t15-/m0/s1. The quantitative estimate of drug-likeness (QED) is 0.660. The smallest absolute Gasteiger partial charge is 0.246 e. The number of nitrogens with one attached hydrogen (secondary N) is 2. The molecule has 0 unspecified atom stereocenters. The van der Waals surface area contributed by atoms with Crippen molar-refractivity contribution in [1.29, 1.82) is 0 Å². The second-order valence-electron chi connectivity index (χ2n) is 6.38. The van der Waals surface area contributed by atoms with Gasteiger partial charge in [0.1, 0.15) is 23.4 Å². The van der Waals surface area contributed by atoms with Gasteiger partial charge in [-0.25, -0.2) is 4.98 Å². The van der Waals surface area contributed by atoms with Gasteiger partial charge in [-0.3, -0.25) is 0 Å². The van der Waals surface area contributed by atoms with Crippen LogP contribution in [0, 0.1) is 0 Å². The first-order chi connectivity index (χ1) is 13.3. The fourth-order valence-electron chi connectivity index (χ4n) is 3.02. The monoisotopic (exact) mass is 366 g/mol. The zero-order valence-corrected chi connectivity index (χ0v) is 15.1. The van der Waals surface area contributed by atoms with E-state index in [-0.39, 0.29) is 0 Å². The predicted molar refractivity (Wildman–Crippen MR) is 102 cm³/mol. The van der Waals surface area contributed by atoms with Gasteiger partial charge in [0.05, 0.1) is 25.1 Å². The summed E-state index contributed by atoms with van der Waals surface area (Å²) in [5, 5.41) is 6.88. The number of rotatable bonds is 7. The molecule has 0 aliphatic carbocycles. The minimum atomic E-state index is 0.451. The second-order valence-corrected chi connectivity index (χ2v) is 6.38. The van der Waals surface area contributed by atoms with Crippen molar-refractivity contribution in [3.05, 3.63) is 49.1 Å². The van der Waals surface area contributed by atoms with Gasteiger partial charge in [-0.2, -0.15) is 4.98 Å². The number of methoxy groups -OCH3 is 1. The topological polar surface area (TPSA) is 81.4 Å². The minimum absolute atomic E-state index is 0.451. The van der Waals surface area contributed by atoms with Gasteiger partial charge in [0, 0.05) is 12.6 Å². The largest absolute Gasteiger partial charge is 0.497 e. The molecule has 1 atom stereocenters. The van der Waals surface area contributed by atoms with Crippen LogP contribution in [0.25, 0.3) is 11.4 Å². The molecule has 1 aliphatic rings. The van der Waals surface area contributed by atoms with Crippen LogP contribution < -0.4 is 20.1 Å². The third-order valence-electron chi connectivity index (χ3n) is 4.51. The lowest BCUT2D eigenvalue weighted by molar-refractivity contribution is 0.412. The lowest BCUT2D eigenvalue weighted by Gasteiger charge is -2.15. The van der Waals surface area contributed by atoms with Gasteiger partial charge in [0.2, 0.25) is 5.88 Å². The number of hydrogen-bond acceptors (Lipinski definition) is 7.